The molecule has 0 spiro atoms. The minimum Gasteiger partial charge on any atom is -0.393 e. The molecule has 0 bridgehead atoms. The molecule has 0 aliphatic carbocycles. The molecule has 0 saturated carbocycles. The maximum atomic E-state index is 5.95. The van der Waals surface area contributed by atoms with Crippen LogP contribution in [0.1, 0.15) is 23.3 Å². The second kappa shape index (κ2) is 7.53. The van der Waals surface area contributed by atoms with Crippen LogP contribution in [0.3, 0.4) is 0 Å². The number of likely N-dealkylation sites (N-methyl/N-ethyl adjacent to an activating group) is 1. The first-order valence-electron chi connectivity index (χ1n) is 6.79. The molecule has 0 saturated heterocycles. The van der Waals surface area contributed by atoms with E-state index in [9.17, 15) is 0 Å². The summed E-state index contributed by atoms with van der Waals surface area (Å²) in [5.74, 6) is 0.117. The zero-order valence-corrected chi connectivity index (χ0v) is 13.3. The van der Waals surface area contributed by atoms with Crippen LogP contribution in [0.5, 0.6) is 0 Å². The molecule has 1 heterocycles. The van der Waals surface area contributed by atoms with Crippen LogP contribution >= 0.6 is 23.6 Å². The van der Waals surface area contributed by atoms with Gasteiger partial charge in [0.15, 0.2) is 0 Å². The minimum atomic E-state index is 0.117. The first kappa shape index (κ1) is 15.2. The summed E-state index contributed by atoms with van der Waals surface area (Å²) < 4.78 is 0. The van der Waals surface area contributed by atoms with E-state index in [0.717, 1.165) is 19.6 Å². The second-order valence-corrected chi connectivity index (χ2v) is 6.28. The summed E-state index contributed by atoms with van der Waals surface area (Å²) in [5.41, 5.74) is 7.15. The van der Waals surface area contributed by atoms with Gasteiger partial charge in [0.05, 0.1) is 4.99 Å². The fourth-order valence-corrected chi connectivity index (χ4v) is 3.19. The third-order valence-corrected chi connectivity index (χ3v) is 4.54. The van der Waals surface area contributed by atoms with Crippen molar-refractivity contribution in [2.45, 2.75) is 19.4 Å². The van der Waals surface area contributed by atoms with Gasteiger partial charge in [0, 0.05) is 23.9 Å². The Morgan fingerprint density at radius 3 is 2.55 bits per heavy atom. The van der Waals surface area contributed by atoms with E-state index in [1.807, 2.05) is 18.2 Å². The molecule has 20 heavy (non-hydrogen) atoms. The zero-order valence-electron chi connectivity index (χ0n) is 11.7. The van der Waals surface area contributed by atoms with Crippen LogP contribution in [0, 0.1) is 0 Å². The van der Waals surface area contributed by atoms with Crippen LogP contribution < -0.4 is 5.73 Å². The lowest BCUT2D eigenvalue weighted by atomic mass is 9.98. The average molecular weight is 304 g/mol. The normalized spacial score (nSPS) is 12.5. The number of nitrogens with two attached hydrogens (primary N) is 1. The number of rotatable bonds is 7. The van der Waals surface area contributed by atoms with Crippen molar-refractivity contribution in [1.29, 1.82) is 0 Å². The van der Waals surface area contributed by atoms with Crippen molar-refractivity contribution in [1.82, 2.24) is 4.90 Å². The lowest BCUT2D eigenvalue weighted by Crippen LogP contribution is -2.33. The van der Waals surface area contributed by atoms with Crippen LogP contribution in [-0.2, 0) is 6.54 Å². The quantitative estimate of drug-likeness (QED) is 0.792. The summed E-state index contributed by atoms with van der Waals surface area (Å²) in [6, 6.07) is 14.6. The number of nitrogens with zero attached hydrogens (tertiary/aromatic N) is 1. The lowest BCUT2D eigenvalue weighted by molar-refractivity contribution is 0.279. The molecule has 1 unspecified atom stereocenters. The van der Waals surface area contributed by atoms with E-state index in [1.165, 1.54) is 10.4 Å². The van der Waals surface area contributed by atoms with E-state index in [2.05, 4.69) is 41.5 Å². The van der Waals surface area contributed by atoms with Gasteiger partial charge in [-0.2, -0.15) is 0 Å². The molecule has 106 valence electrons. The summed E-state index contributed by atoms with van der Waals surface area (Å²) in [6.07, 6.45) is 0. The molecule has 1 aromatic heterocycles. The number of thiocarbonyl (C=S) groups is 1. The third kappa shape index (κ3) is 4.13. The summed E-state index contributed by atoms with van der Waals surface area (Å²) in [7, 11) is 0. The highest BCUT2D eigenvalue weighted by Gasteiger charge is 2.18. The molecule has 4 heteroatoms. The van der Waals surface area contributed by atoms with Gasteiger partial charge in [0.25, 0.3) is 0 Å². The van der Waals surface area contributed by atoms with Gasteiger partial charge in [0.2, 0.25) is 0 Å². The van der Waals surface area contributed by atoms with Gasteiger partial charge < -0.3 is 5.73 Å². The molecule has 2 aromatic rings. The monoisotopic (exact) mass is 304 g/mol. The molecular weight excluding hydrogens is 284 g/mol. The largest absolute Gasteiger partial charge is 0.393 e. The molecule has 2 nitrogen and oxygen atoms in total. The van der Waals surface area contributed by atoms with Crippen molar-refractivity contribution >= 4 is 28.5 Å². The molecular formula is C16H20N2S2. The fraction of sp³-hybridized carbons (Fsp3) is 0.312. The highest BCUT2D eigenvalue weighted by Crippen LogP contribution is 2.20. The SMILES string of the molecule is CCN(Cc1cccs1)CC(C(N)=S)c1ccccc1. The molecule has 0 aliphatic heterocycles. The summed E-state index contributed by atoms with van der Waals surface area (Å²) in [5, 5.41) is 2.12. The topological polar surface area (TPSA) is 29.3 Å². The van der Waals surface area contributed by atoms with E-state index in [4.69, 9.17) is 18.0 Å². The van der Waals surface area contributed by atoms with Crippen LogP contribution in [0.25, 0.3) is 0 Å². The molecule has 2 N–H and O–H groups in total. The van der Waals surface area contributed by atoms with Crippen molar-refractivity contribution in [3.05, 3.63) is 58.3 Å². The van der Waals surface area contributed by atoms with Gasteiger partial charge in [-0.3, -0.25) is 4.90 Å². The molecule has 1 atom stereocenters. The summed E-state index contributed by atoms with van der Waals surface area (Å²) >= 11 is 7.06. The Labute approximate surface area is 130 Å². The summed E-state index contributed by atoms with van der Waals surface area (Å²) in [4.78, 5) is 4.34. The Kier molecular flexibility index (Phi) is 5.71. The van der Waals surface area contributed by atoms with Gasteiger partial charge >= 0.3 is 0 Å². The van der Waals surface area contributed by atoms with Crippen molar-refractivity contribution < 1.29 is 0 Å². The Balaban J connectivity index is 2.08. The van der Waals surface area contributed by atoms with Gasteiger partial charge in [-0.05, 0) is 23.6 Å². The Bertz CT molecular complexity index is 523. The minimum absolute atomic E-state index is 0.117. The number of thiophene rings is 1. The van der Waals surface area contributed by atoms with E-state index < -0.39 is 0 Å². The third-order valence-electron chi connectivity index (χ3n) is 3.39. The Morgan fingerprint density at radius 2 is 2.00 bits per heavy atom. The van der Waals surface area contributed by atoms with Crippen molar-refractivity contribution in [3.8, 4) is 0 Å². The first-order chi connectivity index (χ1) is 9.70. The van der Waals surface area contributed by atoms with Crippen LogP contribution in [0.15, 0.2) is 47.8 Å². The lowest BCUT2D eigenvalue weighted by Gasteiger charge is -2.25. The smallest absolute Gasteiger partial charge is 0.0816 e. The first-order valence-corrected chi connectivity index (χ1v) is 8.08. The van der Waals surface area contributed by atoms with E-state index in [0.29, 0.717) is 4.99 Å². The van der Waals surface area contributed by atoms with E-state index in [-0.39, 0.29) is 5.92 Å². The van der Waals surface area contributed by atoms with Gasteiger partial charge in [-0.25, -0.2) is 0 Å². The Morgan fingerprint density at radius 1 is 1.25 bits per heavy atom. The molecule has 2 rings (SSSR count). The Hall–Kier alpha value is -1.23. The van der Waals surface area contributed by atoms with Crippen LogP contribution in [-0.4, -0.2) is 23.0 Å². The number of benzene rings is 1. The molecule has 1 aromatic carbocycles. The number of hydrogen-bond acceptors (Lipinski definition) is 3. The zero-order chi connectivity index (χ0) is 14.4. The van der Waals surface area contributed by atoms with Gasteiger partial charge in [-0.15, -0.1) is 11.3 Å². The molecule has 0 aliphatic rings. The predicted octanol–water partition coefficient (Wildman–Crippen LogP) is 3.64. The maximum absolute atomic E-state index is 5.95. The summed E-state index contributed by atoms with van der Waals surface area (Å²) in [6.45, 7) is 4.99. The van der Waals surface area contributed by atoms with Gasteiger partial charge in [-0.1, -0.05) is 55.5 Å². The van der Waals surface area contributed by atoms with E-state index >= 15 is 0 Å². The average Bonchev–Trinajstić information content (AvgIpc) is 2.96. The standard InChI is InChI=1S/C16H20N2S2/c1-2-18(11-14-9-6-10-20-14)12-15(16(17)19)13-7-4-3-5-8-13/h3-10,15H,2,11-12H2,1H3,(H2,17,19). The molecule has 0 amide bonds. The van der Waals surface area contributed by atoms with Crippen molar-refractivity contribution in [3.63, 3.8) is 0 Å². The number of hydrogen-bond donors (Lipinski definition) is 1. The molecule has 0 radical (unpaired) electrons. The highest BCUT2D eigenvalue weighted by atomic mass is 32.1. The van der Waals surface area contributed by atoms with Crippen LogP contribution in [0.2, 0.25) is 0 Å². The highest BCUT2D eigenvalue weighted by molar-refractivity contribution is 7.80. The fourth-order valence-electron chi connectivity index (χ4n) is 2.23. The van der Waals surface area contributed by atoms with Gasteiger partial charge in [0.1, 0.15) is 0 Å². The van der Waals surface area contributed by atoms with Crippen molar-refractivity contribution in [2.75, 3.05) is 13.1 Å². The molecule has 0 fully saturated rings. The second-order valence-electron chi connectivity index (χ2n) is 4.77. The van der Waals surface area contributed by atoms with Crippen LogP contribution in [0.4, 0.5) is 0 Å². The van der Waals surface area contributed by atoms with Crippen molar-refractivity contribution in [2.24, 2.45) is 5.73 Å². The maximum Gasteiger partial charge on any atom is 0.0816 e. The van der Waals surface area contributed by atoms with E-state index in [1.54, 1.807) is 11.3 Å². The predicted molar refractivity (Wildman–Crippen MR) is 91.2 cm³/mol.